The molecule has 0 saturated heterocycles. The number of pyridine rings is 1. The van der Waals surface area contributed by atoms with Gasteiger partial charge in [0.2, 0.25) is 5.91 Å². The molecule has 0 radical (unpaired) electrons. The lowest BCUT2D eigenvalue weighted by molar-refractivity contribution is -0.115. The van der Waals surface area contributed by atoms with Gasteiger partial charge in [-0.15, -0.1) is 0 Å². The number of nitrogens with zero attached hydrogens (tertiary/aromatic N) is 3. The van der Waals surface area contributed by atoms with Gasteiger partial charge in [-0.1, -0.05) is 31.2 Å². The number of aryl methyl sites for hydroxylation is 2. The zero-order valence-electron chi connectivity index (χ0n) is 18.4. The summed E-state index contributed by atoms with van der Waals surface area (Å²) in [4.78, 5) is 38.1. The molecule has 1 fully saturated rings. The number of benzene rings is 1. The molecule has 0 unspecified atom stereocenters. The Morgan fingerprint density at radius 3 is 2.50 bits per heavy atom. The van der Waals surface area contributed by atoms with Gasteiger partial charge in [0.1, 0.15) is 11.5 Å². The van der Waals surface area contributed by atoms with Gasteiger partial charge in [0.15, 0.2) is 5.78 Å². The van der Waals surface area contributed by atoms with Crippen molar-refractivity contribution in [3.8, 4) is 11.1 Å². The Kier molecular flexibility index (Phi) is 6.66. The van der Waals surface area contributed by atoms with E-state index in [0.29, 0.717) is 23.8 Å². The molecule has 0 spiro atoms. The van der Waals surface area contributed by atoms with Gasteiger partial charge in [0.05, 0.1) is 12.2 Å². The summed E-state index contributed by atoms with van der Waals surface area (Å²) in [7, 11) is 0. The molecular weight excluding hydrogens is 402 g/mol. The van der Waals surface area contributed by atoms with Crippen LogP contribution in [0, 0.1) is 12.8 Å². The molecule has 1 aromatic carbocycles. The third kappa shape index (κ3) is 5.42. The molecule has 164 valence electrons. The number of amides is 1. The van der Waals surface area contributed by atoms with Crippen molar-refractivity contribution in [2.24, 2.45) is 5.92 Å². The Morgan fingerprint density at radius 2 is 1.78 bits per heavy atom. The average molecular weight is 430 g/mol. The maximum absolute atomic E-state index is 12.7. The van der Waals surface area contributed by atoms with Crippen LogP contribution in [-0.2, 0) is 17.8 Å². The number of Topliss-reactive ketones (excluding diaryl/α,β-unsaturated/α-hetero) is 1. The topological polar surface area (TPSA) is 96.9 Å². The van der Waals surface area contributed by atoms with Gasteiger partial charge in [-0.2, -0.15) is 0 Å². The van der Waals surface area contributed by atoms with E-state index in [1.807, 2.05) is 25.1 Å². The molecule has 1 aliphatic carbocycles. The highest BCUT2D eigenvalue weighted by Gasteiger charge is 2.33. The van der Waals surface area contributed by atoms with Crippen molar-refractivity contribution in [1.82, 2.24) is 20.3 Å². The SMILES string of the molecule is CCc1cccc(-c2cnc(C(=O)C3CC3)c(NC(=O)CNCc3cnc(C)nc3)c2)c1. The monoisotopic (exact) mass is 429 g/mol. The van der Waals surface area contributed by atoms with Gasteiger partial charge >= 0.3 is 0 Å². The van der Waals surface area contributed by atoms with Gasteiger partial charge in [0.25, 0.3) is 0 Å². The minimum atomic E-state index is -0.232. The molecule has 32 heavy (non-hydrogen) atoms. The van der Waals surface area contributed by atoms with Crippen molar-refractivity contribution in [3.05, 3.63) is 71.6 Å². The lowest BCUT2D eigenvalue weighted by Gasteiger charge is -2.13. The summed E-state index contributed by atoms with van der Waals surface area (Å²) in [6.07, 6.45) is 7.88. The van der Waals surface area contributed by atoms with Crippen LogP contribution in [0.15, 0.2) is 48.9 Å². The van der Waals surface area contributed by atoms with E-state index in [9.17, 15) is 9.59 Å². The fourth-order valence-corrected chi connectivity index (χ4v) is 3.45. The largest absolute Gasteiger partial charge is 0.323 e. The normalized spacial score (nSPS) is 13.1. The van der Waals surface area contributed by atoms with Crippen LogP contribution in [0.3, 0.4) is 0 Å². The van der Waals surface area contributed by atoms with Crippen LogP contribution in [0.1, 0.15) is 47.2 Å². The van der Waals surface area contributed by atoms with Crippen molar-refractivity contribution in [1.29, 1.82) is 0 Å². The van der Waals surface area contributed by atoms with Gasteiger partial charge in [0, 0.05) is 42.2 Å². The smallest absolute Gasteiger partial charge is 0.238 e. The zero-order valence-corrected chi connectivity index (χ0v) is 18.4. The van der Waals surface area contributed by atoms with Crippen LogP contribution < -0.4 is 10.6 Å². The van der Waals surface area contributed by atoms with Crippen molar-refractivity contribution in [2.45, 2.75) is 39.7 Å². The summed E-state index contributed by atoms with van der Waals surface area (Å²) in [5.41, 5.74) is 4.79. The van der Waals surface area contributed by atoms with Crippen molar-refractivity contribution in [3.63, 3.8) is 0 Å². The average Bonchev–Trinajstić information content (AvgIpc) is 3.65. The van der Waals surface area contributed by atoms with E-state index in [2.05, 4.69) is 44.6 Å². The minimum absolute atomic E-state index is 0.000998. The Hall–Kier alpha value is -3.45. The van der Waals surface area contributed by atoms with Crippen LogP contribution in [0.2, 0.25) is 0 Å². The number of ketones is 1. The van der Waals surface area contributed by atoms with Crippen molar-refractivity contribution >= 4 is 17.4 Å². The number of nitrogens with one attached hydrogen (secondary N) is 2. The molecule has 0 bridgehead atoms. The first-order valence-electron chi connectivity index (χ1n) is 10.9. The minimum Gasteiger partial charge on any atom is -0.323 e. The highest BCUT2D eigenvalue weighted by molar-refractivity contribution is 6.06. The quantitative estimate of drug-likeness (QED) is 0.503. The highest BCUT2D eigenvalue weighted by atomic mass is 16.2. The molecule has 7 heteroatoms. The Balaban J connectivity index is 1.49. The number of carbonyl (C=O) groups excluding carboxylic acids is 2. The van der Waals surface area contributed by atoms with Crippen LogP contribution >= 0.6 is 0 Å². The van der Waals surface area contributed by atoms with Gasteiger partial charge in [-0.25, -0.2) is 9.97 Å². The van der Waals surface area contributed by atoms with E-state index >= 15 is 0 Å². The van der Waals surface area contributed by atoms with E-state index in [4.69, 9.17) is 0 Å². The molecule has 2 aromatic heterocycles. The summed E-state index contributed by atoms with van der Waals surface area (Å²) in [5.74, 6) is 0.492. The molecule has 0 aliphatic heterocycles. The van der Waals surface area contributed by atoms with Crippen LogP contribution in [0.5, 0.6) is 0 Å². The number of rotatable bonds is 9. The Bertz CT molecular complexity index is 1120. The third-order valence-corrected chi connectivity index (χ3v) is 5.46. The molecule has 4 rings (SSSR count). The lowest BCUT2D eigenvalue weighted by atomic mass is 10.0. The molecule has 0 atom stereocenters. The van der Waals surface area contributed by atoms with E-state index in [1.54, 1.807) is 18.6 Å². The van der Waals surface area contributed by atoms with E-state index in [0.717, 1.165) is 36.0 Å². The molecule has 1 aliphatic rings. The van der Waals surface area contributed by atoms with E-state index < -0.39 is 0 Å². The second-order valence-corrected chi connectivity index (χ2v) is 8.10. The lowest BCUT2D eigenvalue weighted by Crippen LogP contribution is -2.28. The van der Waals surface area contributed by atoms with Crippen LogP contribution in [0.4, 0.5) is 5.69 Å². The van der Waals surface area contributed by atoms with Crippen LogP contribution in [-0.4, -0.2) is 33.2 Å². The molecule has 2 N–H and O–H groups in total. The number of anilines is 1. The van der Waals surface area contributed by atoms with E-state index in [1.165, 1.54) is 5.56 Å². The van der Waals surface area contributed by atoms with Crippen molar-refractivity contribution in [2.75, 3.05) is 11.9 Å². The van der Waals surface area contributed by atoms with Gasteiger partial charge in [-0.05, 0) is 43.4 Å². The molecular formula is C25H27N5O2. The molecule has 1 amide bonds. The Morgan fingerprint density at radius 1 is 1.00 bits per heavy atom. The number of hydrogen-bond acceptors (Lipinski definition) is 6. The predicted octanol–water partition coefficient (Wildman–Crippen LogP) is 3.73. The molecule has 7 nitrogen and oxygen atoms in total. The second kappa shape index (κ2) is 9.78. The number of hydrogen-bond donors (Lipinski definition) is 2. The fourth-order valence-electron chi connectivity index (χ4n) is 3.45. The second-order valence-electron chi connectivity index (χ2n) is 8.10. The van der Waals surface area contributed by atoms with Gasteiger partial charge in [-0.3, -0.25) is 14.6 Å². The fraction of sp³-hybridized carbons (Fsp3) is 0.320. The molecule has 2 heterocycles. The Labute approximate surface area is 187 Å². The first-order chi connectivity index (χ1) is 15.5. The summed E-state index contributed by atoms with van der Waals surface area (Å²) in [5, 5.41) is 5.98. The predicted molar refractivity (Wildman–Crippen MR) is 123 cm³/mol. The zero-order chi connectivity index (χ0) is 22.5. The molecule has 1 saturated carbocycles. The summed E-state index contributed by atoms with van der Waals surface area (Å²) < 4.78 is 0. The highest BCUT2D eigenvalue weighted by Crippen LogP contribution is 2.35. The summed E-state index contributed by atoms with van der Waals surface area (Å²) in [6.45, 7) is 4.51. The standard InChI is InChI=1S/C25H27N5O2/c1-3-17-5-4-6-20(9-17)21-10-22(24(29-14-21)25(32)19-7-8-19)30-23(31)15-26-11-18-12-27-16(2)28-13-18/h4-6,9-10,12-14,19,26H,3,7-8,11,15H2,1-2H3,(H,30,31). The maximum Gasteiger partial charge on any atom is 0.238 e. The number of aromatic nitrogens is 3. The first-order valence-corrected chi connectivity index (χ1v) is 10.9. The summed E-state index contributed by atoms with van der Waals surface area (Å²) in [6, 6.07) is 10.1. The molecule has 3 aromatic rings. The van der Waals surface area contributed by atoms with E-state index in [-0.39, 0.29) is 24.2 Å². The van der Waals surface area contributed by atoms with Crippen LogP contribution in [0.25, 0.3) is 11.1 Å². The summed E-state index contributed by atoms with van der Waals surface area (Å²) >= 11 is 0. The first kappa shape index (κ1) is 21.8. The maximum atomic E-state index is 12.7. The number of carbonyl (C=O) groups is 2. The third-order valence-electron chi connectivity index (χ3n) is 5.46. The van der Waals surface area contributed by atoms with Crippen molar-refractivity contribution < 1.29 is 9.59 Å². The van der Waals surface area contributed by atoms with Gasteiger partial charge < -0.3 is 10.6 Å².